The van der Waals surface area contributed by atoms with E-state index in [1.165, 1.54) is 10.4 Å². The largest absolute Gasteiger partial charge is 0.381 e. The van der Waals surface area contributed by atoms with Crippen LogP contribution in [0.4, 0.5) is 0 Å². The molecule has 2 heterocycles. The number of ether oxygens (including phenoxy) is 2. The number of nitrogens with zero attached hydrogens (tertiary/aromatic N) is 2. The van der Waals surface area contributed by atoms with E-state index in [1.807, 2.05) is 11.8 Å². The minimum atomic E-state index is -3.61. The number of hydrogen-bond acceptors (Lipinski definition) is 5. The number of benzene rings is 1. The third kappa shape index (κ3) is 4.87. The van der Waals surface area contributed by atoms with Crippen LogP contribution in [0.15, 0.2) is 29.2 Å². The van der Waals surface area contributed by atoms with Gasteiger partial charge in [-0.3, -0.25) is 4.79 Å². The van der Waals surface area contributed by atoms with Crippen LogP contribution in [0.2, 0.25) is 0 Å². The van der Waals surface area contributed by atoms with Gasteiger partial charge in [0.2, 0.25) is 10.0 Å². The second-order valence-corrected chi connectivity index (χ2v) is 8.90. The third-order valence-electron chi connectivity index (χ3n) is 5.05. The Labute approximate surface area is 161 Å². The molecule has 3 rings (SSSR count). The number of amides is 1. The van der Waals surface area contributed by atoms with E-state index in [0.29, 0.717) is 64.1 Å². The fourth-order valence-electron chi connectivity index (χ4n) is 3.58. The second kappa shape index (κ2) is 9.14. The Bertz CT molecular complexity index is 746. The fraction of sp³-hybridized carbons (Fsp3) is 0.632. The van der Waals surface area contributed by atoms with E-state index in [0.717, 1.165) is 12.8 Å². The summed E-state index contributed by atoms with van der Waals surface area (Å²) in [5, 5.41) is 0. The SMILES string of the molecule is CCOCC1CCCN(C(=O)c2cccc(S(=O)(=O)N3CCOCC3)c2)C1. The molecule has 1 aromatic carbocycles. The number of rotatable bonds is 6. The van der Waals surface area contributed by atoms with Gasteiger partial charge in [0.25, 0.3) is 5.91 Å². The van der Waals surface area contributed by atoms with Gasteiger partial charge >= 0.3 is 0 Å². The van der Waals surface area contributed by atoms with E-state index in [2.05, 4.69) is 0 Å². The Kier molecular flexibility index (Phi) is 6.86. The number of likely N-dealkylation sites (tertiary alicyclic amines) is 1. The van der Waals surface area contributed by atoms with Crippen molar-refractivity contribution in [2.75, 3.05) is 52.6 Å². The Morgan fingerprint density at radius 1 is 1.26 bits per heavy atom. The molecule has 2 aliphatic heterocycles. The summed E-state index contributed by atoms with van der Waals surface area (Å²) in [5.41, 5.74) is 0.418. The van der Waals surface area contributed by atoms with Crippen molar-refractivity contribution in [3.8, 4) is 0 Å². The molecule has 0 bridgehead atoms. The van der Waals surface area contributed by atoms with Crippen molar-refractivity contribution < 1.29 is 22.7 Å². The highest BCUT2D eigenvalue weighted by Gasteiger charge is 2.28. The summed E-state index contributed by atoms with van der Waals surface area (Å²) in [4.78, 5) is 14.9. The molecule has 0 aromatic heterocycles. The molecule has 2 saturated heterocycles. The lowest BCUT2D eigenvalue weighted by atomic mass is 9.98. The van der Waals surface area contributed by atoms with E-state index in [9.17, 15) is 13.2 Å². The van der Waals surface area contributed by atoms with E-state index in [1.54, 1.807) is 18.2 Å². The molecular formula is C19H28N2O5S. The lowest BCUT2D eigenvalue weighted by Gasteiger charge is -2.32. The smallest absolute Gasteiger partial charge is 0.253 e. The molecule has 0 spiro atoms. The summed E-state index contributed by atoms with van der Waals surface area (Å²) in [6, 6.07) is 6.38. The average Bonchev–Trinajstić information content (AvgIpc) is 2.72. The molecular weight excluding hydrogens is 368 g/mol. The van der Waals surface area contributed by atoms with Gasteiger partial charge in [0.1, 0.15) is 0 Å². The molecule has 27 heavy (non-hydrogen) atoms. The molecule has 1 aromatic rings. The van der Waals surface area contributed by atoms with Crippen LogP contribution in [0.3, 0.4) is 0 Å². The molecule has 2 fully saturated rings. The zero-order valence-corrected chi connectivity index (χ0v) is 16.6. The van der Waals surface area contributed by atoms with Crippen LogP contribution >= 0.6 is 0 Å². The Morgan fingerprint density at radius 3 is 2.78 bits per heavy atom. The van der Waals surface area contributed by atoms with E-state index >= 15 is 0 Å². The number of hydrogen-bond donors (Lipinski definition) is 0. The molecule has 1 atom stereocenters. The van der Waals surface area contributed by atoms with Crippen LogP contribution in [-0.2, 0) is 19.5 Å². The lowest BCUT2D eigenvalue weighted by molar-refractivity contribution is 0.0501. The first-order chi connectivity index (χ1) is 13.0. The predicted octanol–water partition coefficient (Wildman–Crippen LogP) is 1.60. The number of morpholine rings is 1. The van der Waals surface area contributed by atoms with Gasteiger partial charge in [-0.25, -0.2) is 8.42 Å². The summed E-state index contributed by atoms with van der Waals surface area (Å²) in [6.07, 6.45) is 1.99. The van der Waals surface area contributed by atoms with Crippen molar-refractivity contribution in [1.29, 1.82) is 0 Å². The molecule has 0 N–H and O–H groups in total. The van der Waals surface area contributed by atoms with Crippen molar-refractivity contribution in [2.24, 2.45) is 5.92 Å². The average molecular weight is 397 g/mol. The molecule has 2 aliphatic rings. The van der Waals surface area contributed by atoms with Gasteiger partial charge in [-0.05, 0) is 43.9 Å². The van der Waals surface area contributed by atoms with Crippen molar-refractivity contribution in [2.45, 2.75) is 24.7 Å². The molecule has 150 valence electrons. The van der Waals surface area contributed by atoms with Gasteiger partial charge in [0.15, 0.2) is 0 Å². The standard InChI is InChI=1S/C19H28N2O5S/c1-2-25-15-16-5-4-8-20(14-16)19(22)17-6-3-7-18(13-17)27(23,24)21-9-11-26-12-10-21/h3,6-7,13,16H,2,4-5,8-12,14-15H2,1H3. The maximum Gasteiger partial charge on any atom is 0.253 e. The van der Waals surface area contributed by atoms with Gasteiger partial charge < -0.3 is 14.4 Å². The molecule has 7 nitrogen and oxygen atoms in total. The van der Waals surface area contributed by atoms with Crippen molar-refractivity contribution in [1.82, 2.24) is 9.21 Å². The highest BCUT2D eigenvalue weighted by Crippen LogP contribution is 2.22. The predicted molar refractivity (Wildman–Crippen MR) is 101 cm³/mol. The molecule has 0 saturated carbocycles. The number of sulfonamides is 1. The maximum absolute atomic E-state index is 12.9. The molecule has 1 unspecified atom stereocenters. The zero-order valence-electron chi connectivity index (χ0n) is 15.8. The number of piperidine rings is 1. The third-order valence-corrected chi connectivity index (χ3v) is 6.95. The minimum Gasteiger partial charge on any atom is -0.381 e. The van der Waals surface area contributed by atoms with Crippen molar-refractivity contribution in [3.63, 3.8) is 0 Å². The van der Waals surface area contributed by atoms with E-state index < -0.39 is 10.0 Å². The molecule has 1 amide bonds. The summed E-state index contributed by atoms with van der Waals surface area (Å²) < 4.78 is 37.8. The normalized spacial score (nSPS) is 22.0. The second-order valence-electron chi connectivity index (χ2n) is 6.96. The van der Waals surface area contributed by atoms with E-state index in [4.69, 9.17) is 9.47 Å². The van der Waals surface area contributed by atoms with Gasteiger partial charge in [-0.15, -0.1) is 0 Å². The zero-order chi connectivity index (χ0) is 19.3. The van der Waals surface area contributed by atoms with Gasteiger partial charge in [0.05, 0.1) is 24.7 Å². The van der Waals surface area contributed by atoms with Crippen molar-refractivity contribution >= 4 is 15.9 Å². The highest BCUT2D eigenvalue weighted by atomic mass is 32.2. The molecule has 0 aliphatic carbocycles. The van der Waals surface area contributed by atoms with Crippen LogP contribution in [0.5, 0.6) is 0 Å². The van der Waals surface area contributed by atoms with E-state index in [-0.39, 0.29) is 10.8 Å². The van der Waals surface area contributed by atoms with Gasteiger partial charge in [-0.1, -0.05) is 6.07 Å². The quantitative estimate of drug-likeness (QED) is 0.730. The molecule has 0 radical (unpaired) electrons. The first-order valence-electron chi connectivity index (χ1n) is 9.57. The summed E-state index contributed by atoms with van der Waals surface area (Å²) in [5.74, 6) is 0.221. The first kappa shape index (κ1) is 20.3. The van der Waals surface area contributed by atoms with Crippen LogP contribution < -0.4 is 0 Å². The topological polar surface area (TPSA) is 76.2 Å². The highest BCUT2D eigenvalue weighted by molar-refractivity contribution is 7.89. The van der Waals surface area contributed by atoms with Crippen molar-refractivity contribution in [3.05, 3.63) is 29.8 Å². The first-order valence-corrected chi connectivity index (χ1v) is 11.0. The molecule has 8 heteroatoms. The van der Waals surface area contributed by atoms with Gasteiger partial charge in [-0.2, -0.15) is 4.31 Å². The Hall–Kier alpha value is -1.48. The summed E-state index contributed by atoms with van der Waals surface area (Å²) >= 11 is 0. The monoisotopic (exact) mass is 396 g/mol. The lowest BCUT2D eigenvalue weighted by Crippen LogP contribution is -2.42. The number of carbonyl (C=O) groups excluding carboxylic acids is 1. The number of carbonyl (C=O) groups is 1. The van der Waals surface area contributed by atoms with Crippen LogP contribution in [0.1, 0.15) is 30.1 Å². The van der Waals surface area contributed by atoms with Crippen LogP contribution in [0.25, 0.3) is 0 Å². The fourth-order valence-corrected chi connectivity index (χ4v) is 5.03. The Morgan fingerprint density at radius 2 is 2.04 bits per heavy atom. The van der Waals surface area contributed by atoms with Crippen LogP contribution in [0, 0.1) is 5.92 Å². The van der Waals surface area contributed by atoms with Gasteiger partial charge in [0, 0.05) is 38.3 Å². The summed E-state index contributed by atoms with van der Waals surface area (Å²) in [7, 11) is -3.61. The van der Waals surface area contributed by atoms with Crippen LogP contribution in [-0.4, -0.2) is 76.1 Å². The summed E-state index contributed by atoms with van der Waals surface area (Å²) in [6.45, 7) is 6.11. The minimum absolute atomic E-state index is 0.116. The maximum atomic E-state index is 12.9. The Balaban J connectivity index is 1.73.